The summed E-state index contributed by atoms with van der Waals surface area (Å²) in [6, 6.07) is 6.84. The Labute approximate surface area is 115 Å². The SMILES string of the molecule is O=P(O)(O)CP1(=O)OCC[C@@H](c2cccc(Cl)c2)O1. The second-order valence-electron chi connectivity index (χ2n) is 4.19. The summed E-state index contributed by atoms with van der Waals surface area (Å²) >= 11 is 5.86. The van der Waals surface area contributed by atoms with Crippen molar-refractivity contribution < 1.29 is 28.0 Å². The van der Waals surface area contributed by atoms with E-state index in [9.17, 15) is 9.13 Å². The summed E-state index contributed by atoms with van der Waals surface area (Å²) in [6.07, 6.45) is -0.0873. The summed E-state index contributed by atoms with van der Waals surface area (Å²) in [5.74, 6) is -0.906. The molecule has 0 spiro atoms. The maximum absolute atomic E-state index is 12.1. The van der Waals surface area contributed by atoms with Gasteiger partial charge in [-0.1, -0.05) is 23.7 Å². The topological polar surface area (TPSA) is 93.1 Å². The molecule has 0 aliphatic carbocycles. The molecule has 2 N–H and O–H groups in total. The summed E-state index contributed by atoms with van der Waals surface area (Å²) in [5, 5.41) is 0.511. The normalized spacial score (nSPS) is 28.3. The molecule has 0 saturated carbocycles. The summed E-state index contributed by atoms with van der Waals surface area (Å²) in [5.41, 5.74) is 0.710. The lowest BCUT2D eigenvalue weighted by Gasteiger charge is -2.30. The van der Waals surface area contributed by atoms with Gasteiger partial charge in [0, 0.05) is 11.4 Å². The molecule has 19 heavy (non-hydrogen) atoms. The molecule has 2 rings (SSSR count). The van der Waals surface area contributed by atoms with E-state index >= 15 is 0 Å². The second kappa shape index (κ2) is 5.66. The first-order valence-corrected chi connectivity index (χ1v) is 9.40. The molecule has 0 aromatic heterocycles. The third kappa shape index (κ3) is 4.40. The first kappa shape index (κ1) is 15.2. The summed E-state index contributed by atoms with van der Waals surface area (Å²) in [7, 11) is -8.24. The molecule has 0 bridgehead atoms. The largest absolute Gasteiger partial charge is 0.343 e. The van der Waals surface area contributed by atoms with Crippen LogP contribution in [-0.4, -0.2) is 22.3 Å². The van der Waals surface area contributed by atoms with Crippen LogP contribution in [0.3, 0.4) is 0 Å². The lowest BCUT2D eigenvalue weighted by Crippen LogP contribution is -2.15. The average Bonchev–Trinajstić information content (AvgIpc) is 2.25. The fourth-order valence-corrected chi connectivity index (χ4v) is 5.47. The molecule has 9 heteroatoms. The quantitative estimate of drug-likeness (QED) is 0.829. The van der Waals surface area contributed by atoms with Gasteiger partial charge in [-0.05, 0) is 17.7 Å². The zero-order valence-electron chi connectivity index (χ0n) is 9.81. The molecule has 1 aromatic rings. The van der Waals surface area contributed by atoms with Gasteiger partial charge in [0.25, 0.3) is 0 Å². The van der Waals surface area contributed by atoms with Gasteiger partial charge in [-0.15, -0.1) is 0 Å². The standard InChI is InChI=1S/C10H13ClO6P2/c11-9-3-1-2-8(6-9)10-4-5-16-19(15,17-10)7-18(12,13)14/h1-3,6,10H,4-5,7H2,(H2,12,13,14)/t10-,19?/m0/s1. The first-order chi connectivity index (χ1) is 8.77. The molecule has 1 aliphatic heterocycles. The van der Waals surface area contributed by atoms with Crippen LogP contribution in [0, 0.1) is 0 Å². The zero-order valence-corrected chi connectivity index (χ0v) is 12.4. The smallest absolute Gasteiger partial charge is 0.324 e. The summed E-state index contributed by atoms with van der Waals surface area (Å²) in [6.45, 7) is 0.120. The first-order valence-electron chi connectivity index (χ1n) is 5.49. The van der Waals surface area contributed by atoms with E-state index in [4.69, 9.17) is 30.4 Å². The molecule has 1 aromatic carbocycles. The third-order valence-electron chi connectivity index (χ3n) is 2.53. The van der Waals surface area contributed by atoms with Crippen LogP contribution in [0.5, 0.6) is 0 Å². The van der Waals surface area contributed by atoms with E-state index in [0.717, 1.165) is 0 Å². The van der Waals surface area contributed by atoms with Crippen LogP contribution in [0.1, 0.15) is 18.1 Å². The van der Waals surface area contributed by atoms with Gasteiger partial charge in [0.1, 0.15) is 0 Å². The van der Waals surface area contributed by atoms with Crippen LogP contribution >= 0.6 is 26.8 Å². The molecule has 2 atom stereocenters. The van der Waals surface area contributed by atoms with Crippen LogP contribution in [-0.2, 0) is 18.2 Å². The minimum Gasteiger partial charge on any atom is -0.324 e. The van der Waals surface area contributed by atoms with Gasteiger partial charge < -0.3 is 14.3 Å². The van der Waals surface area contributed by atoms with Crippen molar-refractivity contribution >= 4 is 26.8 Å². The van der Waals surface area contributed by atoms with Crippen molar-refractivity contribution in [2.45, 2.75) is 12.5 Å². The van der Waals surface area contributed by atoms with Gasteiger partial charge in [0.2, 0.25) is 0 Å². The van der Waals surface area contributed by atoms with Gasteiger partial charge in [0.15, 0.2) is 5.90 Å². The highest BCUT2D eigenvalue weighted by Crippen LogP contribution is 2.63. The van der Waals surface area contributed by atoms with Crippen molar-refractivity contribution in [1.82, 2.24) is 0 Å². The van der Waals surface area contributed by atoms with E-state index in [1.54, 1.807) is 24.3 Å². The Morgan fingerprint density at radius 3 is 2.84 bits per heavy atom. The van der Waals surface area contributed by atoms with Crippen molar-refractivity contribution in [3.05, 3.63) is 34.9 Å². The minimum absolute atomic E-state index is 0.120. The van der Waals surface area contributed by atoms with Crippen molar-refractivity contribution in [1.29, 1.82) is 0 Å². The zero-order chi connectivity index (χ0) is 14.1. The molecular weight excluding hydrogens is 314 g/mol. The molecule has 0 radical (unpaired) electrons. The Morgan fingerprint density at radius 2 is 2.21 bits per heavy atom. The van der Waals surface area contributed by atoms with Gasteiger partial charge in [-0.3, -0.25) is 13.7 Å². The molecule has 1 heterocycles. The minimum atomic E-state index is -4.47. The van der Waals surface area contributed by atoms with Gasteiger partial charge in [-0.2, -0.15) is 0 Å². The number of benzene rings is 1. The predicted molar refractivity (Wildman–Crippen MR) is 70.4 cm³/mol. The Morgan fingerprint density at radius 1 is 1.47 bits per heavy atom. The fraction of sp³-hybridized carbons (Fsp3) is 0.400. The van der Waals surface area contributed by atoms with Gasteiger partial charge in [0.05, 0.1) is 12.7 Å². The van der Waals surface area contributed by atoms with Crippen LogP contribution < -0.4 is 0 Å². The average molecular weight is 327 g/mol. The molecule has 0 amide bonds. The molecule has 6 nitrogen and oxygen atoms in total. The summed E-state index contributed by atoms with van der Waals surface area (Å²) < 4.78 is 33.3. The third-order valence-corrected chi connectivity index (χ3v) is 6.78. The Kier molecular flexibility index (Phi) is 4.53. The van der Waals surface area contributed by atoms with Crippen LogP contribution in [0.25, 0.3) is 0 Å². The number of hydrogen-bond acceptors (Lipinski definition) is 4. The van der Waals surface area contributed by atoms with Crippen LogP contribution in [0.2, 0.25) is 5.02 Å². The maximum Gasteiger partial charge on any atom is 0.343 e. The predicted octanol–water partition coefficient (Wildman–Crippen LogP) is 3.15. The molecule has 1 saturated heterocycles. The number of rotatable bonds is 3. The monoisotopic (exact) mass is 326 g/mol. The van der Waals surface area contributed by atoms with Crippen molar-refractivity contribution in [2.24, 2.45) is 0 Å². The molecular formula is C10H13ClO6P2. The number of halogens is 1. The van der Waals surface area contributed by atoms with Crippen molar-refractivity contribution in [2.75, 3.05) is 12.5 Å². The summed E-state index contributed by atoms with van der Waals surface area (Å²) in [4.78, 5) is 17.8. The van der Waals surface area contributed by atoms with E-state index in [1.165, 1.54) is 0 Å². The van der Waals surface area contributed by atoms with Crippen molar-refractivity contribution in [3.8, 4) is 0 Å². The van der Waals surface area contributed by atoms with Crippen LogP contribution in [0.15, 0.2) is 24.3 Å². The highest BCUT2D eigenvalue weighted by Gasteiger charge is 2.39. The highest BCUT2D eigenvalue weighted by molar-refractivity contribution is 7.70. The second-order valence-corrected chi connectivity index (χ2v) is 8.78. The Bertz CT molecular complexity index is 557. The Balaban J connectivity index is 2.17. The van der Waals surface area contributed by atoms with Gasteiger partial charge in [-0.25, -0.2) is 0 Å². The van der Waals surface area contributed by atoms with Crippen LogP contribution in [0.4, 0.5) is 0 Å². The Hall–Kier alpha value is -0.190. The lowest BCUT2D eigenvalue weighted by atomic mass is 10.1. The molecule has 106 valence electrons. The van der Waals surface area contributed by atoms with E-state index in [2.05, 4.69) is 0 Å². The molecule has 1 aliphatic rings. The number of hydrogen-bond donors (Lipinski definition) is 2. The lowest BCUT2D eigenvalue weighted by molar-refractivity contribution is 0.0829. The van der Waals surface area contributed by atoms with E-state index < -0.39 is 27.2 Å². The maximum atomic E-state index is 12.1. The molecule has 1 unspecified atom stereocenters. The van der Waals surface area contributed by atoms with E-state index in [-0.39, 0.29) is 6.61 Å². The highest BCUT2D eigenvalue weighted by atomic mass is 35.5. The van der Waals surface area contributed by atoms with Crippen molar-refractivity contribution in [3.63, 3.8) is 0 Å². The molecule has 1 fully saturated rings. The van der Waals surface area contributed by atoms with Gasteiger partial charge >= 0.3 is 15.2 Å². The van der Waals surface area contributed by atoms with E-state index in [0.29, 0.717) is 17.0 Å². The van der Waals surface area contributed by atoms with E-state index in [1.807, 2.05) is 0 Å². The fourth-order valence-electron chi connectivity index (χ4n) is 1.81.